The average molecular weight is 660 g/mol. The fourth-order valence-corrected chi connectivity index (χ4v) is 3.97. The summed E-state index contributed by atoms with van der Waals surface area (Å²) in [6.45, 7) is -4.45. The fraction of sp³-hybridized carbons (Fsp3) is 0. The van der Waals surface area contributed by atoms with Gasteiger partial charge in [-0.05, 0) is 0 Å². The van der Waals surface area contributed by atoms with Gasteiger partial charge in [0.1, 0.15) is 0 Å². The van der Waals surface area contributed by atoms with E-state index in [2.05, 4.69) is 0 Å². The van der Waals surface area contributed by atoms with Gasteiger partial charge in [-0.15, -0.1) is 0 Å². The zero-order valence-corrected chi connectivity index (χ0v) is 19.8. The molecule has 0 aromatic heterocycles. The molecule has 20 heteroatoms. The Hall–Kier alpha value is -4.39. The Morgan fingerprint density at radius 2 is 0.341 bits per heavy atom. The van der Waals surface area contributed by atoms with E-state index >= 15 is 4.32 Å². The monoisotopic (exact) mass is 660 g/mol. The highest BCUT2D eigenvalue weighted by Crippen LogP contribution is 2.38. The second kappa shape index (κ2) is 11.0. The second-order valence-corrected chi connectivity index (χ2v) is 8.34. The van der Waals surface area contributed by atoms with Crippen LogP contribution < -0.4 is 10.9 Å². The van der Waals surface area contributed by atoms with E-state index in [-0.39, 0.29) is 0 Å². The van der Waals surface area contributed by atoms with Crippen LogP contribution >= 0.6 is 0 Å². The normalized spacial score (nSPS) is 11.5. The third kappa shape index (κ3) is 4.35. The molecule has 4 aromatic carbocycles. The van der Waals surface area contributed by atoms with Crippen LogP contribution in [0.3, 0.4) is 0 Å². The van der Waals surface area contributed by atoms with Crippen LogP contribution in [0.15, 0.2) is 0 Å². The molecule has 4 rings (SSSR count). The van der Waals surface area contributed by atoms with Gasteiger partial charge in [0.2, 0.25) is 11.6 Å². The van der Waals surface area contributed by atoms with Crippen molar-refractivity contribution in [3.8, 4) is 22.3 Å². The van der Waals surface area contributed by atoms with Crippen molar-refractivity contribution in [3.05, 3.63) is 105 Å². The van der Waals surface area contributed by atoms with Crippen molar-refractivity contribution in [1.82, 2.24) is 0 Å². The summed E-state index contributed by atoms with van der Waals surface area (Å²) < 4.78 is 270. The third-order valence-corrected chi connectivity index (χ3v) is 6.02. The summed E-state index contributed by atoms with van der Waals surface area (Å²) in [5, 5.41) is 0. The molecule has 0 bridgehead atoms. The molecule has 0 saturated carbocycles. The first-order chi connectivity index (χ1) is 20.3. The Morgan fingerprint density at radius 1 is 0.205 bits per heavy atom. The minimum atomic E-state index is -4.45. The van der Waals surface area contributed by atoms with E-state index in [4.69, 9.17) is 0 Å². The summed E-state index contributed by atoms with van der Waals surface area (Å²) in [7, 11) is 0. The van der Waals surface area contributed by atoms with Gasteiger partial charge in [-0.1, -0.05) is 0 Å². The fourth-order valence-electron chi connectivity index (χ4n) is 3.97. The number of benzene rings is 4. The highest BCUT2D eigenvalue weighted by Gasteiger charge is 2.43. The Kier molecular flexibility index (Phi) is 8.10. The van der Waals surface area contributed by atoms with E-state index in [0.717, 1.165) is 0 Å². The van der Waals surface area contributed by atoms with E-state index < -0.39 is 145 Å². The van der Waals surface area contributed by atoms with Crippen LogP contribution in [-0.4, -0.2) is 6.99 Å². The SMILES string of the molecule is FB(c1c(F)c(F)c(-c2c(F)c(F)c(F)c(F)c2F)c(F)c1F)c1c(F)c(F)c(-c2c(F)c(F)c(F)c(F)c2F)c(F)c1F. The lowest BCUT2D eigenvalue weighted by molar-refractivity contribution is 0.379. The smallest absolute Gasteiger partial charge is 0.322 e. The van der Waals surface area contributed by atoms with Crippen LogP contribution in [0.4, 0.5) is 83.3 Å². The minimum absolute atomic E-state index is 2.65. The maximum Gasteiger partial charge on any atom is 0.425 e. The van der Waals surface area contributed by atoms with Gasteiger partial charge in [0.15, 0.2) is 93.1 Å². The first-order valence-corrected chi connectivity index (χ1v) is 10.7. The molecule has 0 heterocycles. The van der Waals surface area contributed by atoms with Crippen molar-refractivity contribution in [2.45, 2.75) is 0 Å². The summed E-state index contributed by atoms with van der Waals surface area (Å²) in [6, 6.07) is 0. The summed E-state index contributed by atoms with van der Waals surface area (Å²) in [5.41, 5.74) is -16.5. The van der Waals surface area contributed by atoms with Crippen LogP contribution in [0.2, 0.25) is 0 Å². The van der Waals surface area contributed by atoms with Gasteiger partial charge in [-0.25, -0.2) is 79.0 Å². The molecular weight excluding hydrogens is 660 g/mol. The molecular formula is C24BF19. The zero-order valence-electron chi connectivity index (χ0n) is 19.8. The van der Waals surface area contributed by atoms with Crippen LogP contribution in [0.25, 0.3) is 22.3 Å². The Morgan fingerprint density at radius 3 is 0.523 bits per heavy atom. The van der Waals surface area contributed by atoms with Gasteiger partial charge in [0, 0.05) is 10.9 Å². The summed E-state index contributed by atoms with van der Waals surface area (Å²) in [4.78, 5) is 0. The molecule has 0 unspecified atom stereocenters. The van der Waals surface area contributed by atoms with Crippen LogP contribution in [-0.2, 0) is 0 Å². The molecule has 0 amide bonds. The van der Waals surface area contributed by atoms with Crippen molar-refractivity contribution in [2.75, 3.05) is 0 Å². The van der Waals surface area contributed by atoms with Crippen molar-refractivity contribution in [3.63, 3.8) is 0 Å². The molecule has 0 atom stereocenters. The first-order valence-electron chi connectivity index (χ1n) is 10.7. The molecule has 0 saturated heterocycles. The number of halogens is 19. The molecule has 232 valence electrons. The summed E-state index contributed by atoms with van der Waals surface area (Å²) in [6.07, 6.45) is 0. The van der Waals surface area contributed by atoms with Crippen LogP contribution in [0.5, 0.6) is 0 Å². The quantitative estimate of drug-likeness (QED) is 0.0917. The third-order valence-electron chi connectivity index (χ3n) is 6.02. The lowest BCUT2D eigenvalue weighted by atomic mass is 9.57. The van der Waals surface area contributed by atoms with Crippen molar-refractivity contribution in [2.24, 2.45) is 0 Å². The first kappa shape index (κ1) is 32.5. The maximum absolute atomic E-state index is 15.1. The molecule has 44 heavy (non-hydrogen) atoms. The number of hydrogen-bond donors (Lipinski definition) is 0. The summed E-state index contributed by atoms with van der Waals surface area (Å²) >= 11 is 0. The van der Waals surface area contributed by atoms with Crippen molar-refractivity contribution in [1.29, 1.82) is 0 Å². The lowest BCUT2D eigenvalue weighted by Gasteiger charge is -2.17. The average Bonchev–Trinajstić information content (AvgIpc) is 2.98. The molecule has 0 radical (unpaired) electrons. The maximum atomic E-state index is 15.1. The highest BCUT2D eigenvalue weighted by molar-refractivity contribution is 6.79. The van der Waals surface area contributed by atoms with E-state index in [1.807, 2.05) is 0 Å². The molecule has 0 aliphatic rings. The van der Waals surface area contributed by atoms with Crippen molar-refractivity contribution < 1.29 is 83.3 Å². The lowest BCUT2D eigenvalue weighted by Crippen LogP contribution is -2.47. The van der Waals surface area contributed by atoms with Gasteiger partial charge in [0.25, 0.3) is 0 Å². The molecule has 0 nitrogen and oxygen atoms in total. The number of hydrogen-bond acceptors (Lipinski definition) is 0. The van der Waals surface area contributed by atoms with E-state index in [9.17, 15) is 79.0 Å². The van der Waals surface area contributed by atoms with Gasteiger partial charge < -0.3 is 4.32 Å². The molecule has 0 spiro atoms. The van der Waals surface area contributed by atoms with Gasteiger partial charge >= 0.3 is 6.99 Å². The molecule has 0 fully saturated rings. The second-order valence-electron chi connectivity index (χ2n) is 8.34. The number of rotatable bonds is 4. The Bertz CT molecular complexity index is 1660. The summed E-state index contributed by atoms with van der Waals surface area (Å²) in [5.74, 6) is -55.3. The Labute approximate surface area is 229 Å². The topological polar surface area (TPSA) is 0 Å². The minimum Gasteiger partial charge on any atom is -0.322 e. The van der Waals surface area contributed by atoms with Gasteiger partial charge in [0.05, 0.1) is 22.3 Å². The Balaban J connectivity index is 2.02. The standard InChI is InChI=1S/C24BF19/c26-7-1(3-11(30)19(38)23(42)20(39)12(3)31)8(27)16(35)5(15(7)34)25(44)6-17(36)9(28)2(10(29)18(6)37)4-13(32)21(40)24(43)22(41)14(4)33. The van der Waals surface area contributed by atoms with E-state index in [1.165, 1.54) is 0 Å². The molecule has 0 aliphatic carbocycles. The van der Waals surface area contributed by atoms with E-state index in [1.54, 1.807) is 0 Å². The van der Waals surface area contributed by atoms with E-state index in [0.29, 0.717) is 0 Å². The van der Waals surface area contributed by atoms with Crippen molar-refractivity contribution >= 4 is 17.9 Å². The molecule has 0 aliphatic heterocycles. The van der Waals surface area contributed by atoms with Crippen LogP contribution in [0, 0.1) is 105 Å². The van der Waals surface area contributed by atoms with Gasteiger partial charge in [-0.3, -0.25) is 0 Å². The zero-order chi connectivity index (χ0) is 33.4. The van der Waals surface area contributed by atoms with Crippen LogP contribution in [0.1, 0.15) is 0 Å². The highest BCUT2D eigenvalue weighted by atomic mass is 19.2. The predicted molar refractivity (Wildman–Crippen MR) is 109 cm³/mol. The predicted octanol–water partition coefficient (Wildman–Crippen LogP) is 7.60. The largest absolute Gasteiger partial charge is 0.425 e. The molecule has 4 aromatic rings. The van der Waals surface area contributed by atoms with Gasteiger partial charge in [-0.2, -0.15) is 0 Å². The molecule has 0 N–H and O–H groups in total.